The van der Waals surface area contributed by atoms with Crippen LogP contribution >= 0.6 is 0 Å². The molecule has 2 atom stereocenters. The summed E-state index contributed by atoms with van der Waals surface area (Å²) in [5.41, 5.74) is 1.03. The first-order valence-corrected chi connectivity index (χ1v) is 9.49. The van der Waals surface area contributed by atoms with Crippen molar-refractivity contribution >= 4 is 11.9 Å². The lowest BCUT2D eigenvalue weighted by Crippen LogP contribution is -2.40. The number of methoxy groups -OCH3 is 1. The van der Waals surface area contributed by atoms with Crippen LogP contribution in [0.4, 0.5) is 0 Å². The molecule has 1 fully saturated rings. The molecule has 2 aromatic carbocycles. The zero-order chi connectivity index (χ0) is 20.6. The molecule has 1 heterocycles. The molecule has 29 heavy (non-hydrogen) atoms. The number of aliphatic carboxylic acids is 1. The summed E-state index contributed by atoms with van der Waals surface area (Å²) in [6, 6.07) is 16.5. The predicted molar refractivity (Wildman–Crippen MR) is 106 cm³/mol. The van der Waals surface area contributed by atoms with E-state index in [4.69, 9.17) is 19.3 Å². The van der Waals surface area contributed by atoms with Gasteiger partial charge in [0.1, 0.15) is 6.61 Å². The monoisotopic (exact) mass is 399 g/mol. The Hall–Kier alpha value is -3.06. The topological polar surface area (TPSA) is 85.3 Å². The summed E-state index contributed by atoms with van der Waals surface area (Å²) in [6.07, 6.45) is 0.234. The molecule has 0 spiro atoms. The fraction of sp³-hybridized carbons (Fsp3) is 0.364. The molecular formula is C22H25NO6. The zero-order valence-electron chi connectivity index (χ0n) is 16.3. The Labute approximate surface area is 169 Å². The van der Waals surface area contributed by atoms with Gasteiger partial charge in [0.25, 0.3) is 5.91 Å². The molecule has 7 heteroatoms. The van der Waals surface area contributed by atoms with E-state index in [0.717, 1.165) is 5.56 Å². The Morgan fingerprint density at radius 1 is 1.03 bits per heavy atom. The molecule has 0 aromatic heterocycles. The predicted octanol–water partition coefficient (Wildman–Crippen LogP) is 2.74. The number of carboxylic acid groups (broad SMARTS) is 1. The second-order valence-electron chi connectivity index (χ2n) is 6.90. The van der Waals surface area contributed by atoms with E-state index >= 15 is 0 Å². The lowest BCUT2D eigenvalue weighted by molar-refractivity contribution is -0.140. The molecule has 0 saturated carbocycles. The van der Waals surface area contributed by atoms with E-state index in [1.54, 1.807) is 25.3 Å². The Bertz CT molecular complexity index is 825. The van der Waals surface area contributed by atoms with Crippen LogP contribution in [-0.4, -0.2) is 54.3 Å². The lowest BCUT2D eigenvalue weighted by atomic mass is 10.1. The molecule has 154 valence electrons. The van der Waals surface area contributed by atoms with Crippen LogP contribution < -0.4 is 9.47 Å². The lowest BCUT2D eigenvalue weighted by Gasteiger charge is -2.23. The third-order valence-electron chi connectivity index (χ3n) is 4.88. The Kier molecular flexibility index (Phi) is 7.08. The first-order chi connectivity index (χ1) is 14.1. The number of hydrogen-bond acceptors (Lipinski definition) is 5. The minimum absolute atomic E-state index is 0.109. The highest BCUT2D eigenvalue weighted by atomic mass is 16.5. The number of rotatable bonds is 9. The van der Waals surface area contributed by atoms with Crippen LogP contribution in [-0.2, 0) is 20.9 Å². The first-order valence-electron chi connectivity index (χ1n) is 9.49. The molecule has 1 amide bonds. The summed E-state index contributed by atoms with van der Waals surface area (Å²) < 4.78 is 16.9. The normalized spacial score (nSPS) is 18.4. The van der Waals surface area contributed by atoms with Gasteiger partial charge >= 0.3 is 5.97 Å². The van der Waals surface area contributed by atoms with Gasteiger partial charge < -0.3 is 24.2 Å². The van der Waals surface area contributed by atoms with Gasteiger partial charge in [-0.15, -0.1) is 0 Å². The van der Waals surface area contributed by atoms with Crippen LogP contribution in [0.2, 0.25) is 0 Å². The van der Waals surface area contributed by atoms with Gasteiger partial charge in [-0.3, -0.25) is 9.59 Å². The van der Waals surface area contributed by atoms with E-state index in [0.29, 0.717) is 31.1 Å². The third-order valence-corrected chi connectivity index (χ3v) is 4.88. The number of carboxylic acids is 1. The maximum atomic E-state index is 12.7. The molecule has 7 nitrogen and oxygen atoms in total. The van der Waals surface area contributed by atoms with Gasteiger partial charge in [-0.05, 0) is 24.1 Å². The third kappa shape index (κ3) is 5.71. The fourth-order valence-corrected chi connectivity index (χ4v) is 3.39. The molecule has 1 aliphatic heterocycles. The number of likely N-dealkylation sites (tertiary alicyclic amines) is 1. The van der Waals surface area contributed by atoms with Crippen molar-refractivity contribution < 1.29 is 28.9 Å². The molecule has 1 saturated heterocycles. The molecular weight excluding hydrogens is 374 g/mol. The fourth-order valence-electron chi connectivity index (χ4n) is 3.39. The van der Waals surface area contributed by atoms with Gasteiger partial charge in [0.05, 0.1) is 12.5 Å². The van der Waals surface area contributed by atoms with Crippen LogP contribution in [0.5, 0.6) is 11.5 Å². The van der Waals surface area contributed by atoms with Gasteiger partial charge in [-0.1, -0.05) is 42.5 Å². The summed E-state index contributed by atoms with van der Waals surface area (Å²) >= 11 is 0. The second-order valence-corrected chi connectivity index (χ2v) is 6.90. The first kappa shape index (κ1) is 20.7. The van der Waals surface area contributed by atoms with Gasteiger partial charge in [-0.2, -0.15) is 0 Å². The highest BCUT2D eigenvalue weighted by molar-refractivity contribution is 5.79. The standard InChI is InChI=1S/C22H25NO6/c1-27-18-11-17(12-22(25)26)23(13-18)21(24)15-29-20-10-6-5-9-19(20)28-14-16-7-3-2-4-8-16/h2-10,17-18H,11-15H2,1H3,(H,25,26). The molecule has 3 rings (SSSR count). The van der Waals surface area contributed by atoms with Crippen molar-refractivity contribution in [3.63, 3.8) is 0 Å². The highest BCUT2D eigenvalue weighted by Gasteiger charge is 2.36. The van der Waals surface area contributed by atoms with Crippen molar-refractivity contribution in [3.8, 4) is 11.5 Å². The summed E-state index contributed by atoms with van der Waals surface area (Å²) in [4.78, 5) is 25.3. The van der Waals surface area contributed by atoms with Crippen molar-refractivity contribution in [2.75, 3.05) is 20.3 Å². The van der Waals surface area contributed by atoms with E-state index in [1.165, 1.54) is 4.90 Å². The van der Waals surface area contributed by atoms with Crippen molar-refractivity contribution in [2.24, 2.45) is 0 Å². The average molecular weight is 399 g/mol. The van der Waals surface area contributed by atoms with E-state index in [1.807, 2.05) is 36.4 Å². The molecule has 0 radical (unpaired) electrons. The van der Waals surface area contributed by atoms with Gasteiger partial charge in [-0.25, -0.2) is 0 Å². The molecule has 2 aromatic rings. The minimum Gasteiger partial charge on any atom is -0.485 e. The summed E-state index contributed by atoms with van der Waals surface area (Å²) in [5.74, 6) is -0.199. The number of para-hydroxylation sites is 2. The number of carbonyl (C=O) groups excluding carboxylic acids is 1. The van der Waals surface area contributed by atoms with E-state index < -0.39 is 12.0 Å². The van der Waals surface area contributed by atoms with Crippen LogP contribution in [0, 0.1) is 0 Å². The van der Waals surface area contributed by atoms with E-state index in [-0.39, 0.29) is 25.0 Å². The number of amides is 1. The minimum atomic E-state index is -0.940. The number of carbonyl (C=O) groups is 2. The van der Waals surface area contributed by atoms with Gasteiger partial charge in [0.2, 0.25) is 0 Å². The number of benzene rings is 2. The SMILES string of the molecule is COC1CC(CC(=O)O)N(C(=O)COc2ccccc2OCc2ccccc2)C1. The average Bonchev–Trinajstić information content (AvgIpc) is 3.14. The largest absolute Gasteiger partial charge is 0.485 e. The van der Waals surface area contributed by atoms with Gasteiger partial charge in [0, 0.05) is 19.7 Å². The maximum Gasteiger partial charge on any atom is 0.305 e. The van der Waals surface area contributed by atoms with Crippen LogP contribution in [0.15, 0.2) is 54.6 Å². The summed E-state index contributed by atoms with van der Waals surface area (Å²) in [6.45, 7) is 0.554. The Balaban J connectivity index is 1.60. The maximum absolute atomic E-state index is 12.7. The van der Waals surface area contributed by atoms with Crippen LogP contribution in [0.1, 0.15) is 18.4 Å². The van der Waals surface area contributed by atoms with Crippen molar-refractivity contribution in [1.29, 1.82) is 0 Å². The zero-order valence-corrected chi connectivity index (χ0v) is 16.3. The molecule has 0 bridgehead atoms. The Morgan fingerprint density at radius 3 is 2.34 bits per heavy atom. The molecule has 2 unspecified atom stereocenters. The molecule has 0 aliphatic carbocycles. The number of nitrogens with zero attached hydrogens (tertiary/aromatic N) is 1. The van der Waals surface area contributed by atoms with E-state index in [9.17, 15) is 9.59 Å². The number of ether oxygens (including phenoxy) is 3. The van der Waals surface area contributed by atoms with Crippen molar-refractivity contribution in [1.82, 2.24) is 4.90 Å². The summed E-state index contributed by atoms with van der Waals surface area (Å²) in [7, 11) is 1.56. The summed E-state index contributed by atoms with van der Waals surface area (Å²) in [5, 5.41) is 9.10. The van der Waals surface area contributed by atoms with Crippen LogP contribution in [0.25, 0.3) is 0 Å². The smallest absolute Gasteiger partial charge is 0.305 e. The van der Waals surface area contributed by atoms with Gasteiger partial charge in [0.15, 0.2) is 18.1 Å². The quantitative estimate of drug-likeness (QED) is 0.698. The highest BCUT2D eigenvalue weighted by Crippen LogP contribution is 2.28. The molecule has 1 N–H and O–H groups in total. The Morgan fingerprint density at radius 2 is 1.69 bits per heavy atom. The van der Waals surface area contributed by atoms with E-state index in [2.05, 4.69) is 0 Å². The second kappa shape index (κ2) is 9.93. The number of hydrogen-bond donors (Lipinski definition) is 1. The van der Waals surface area contributed by atoms with Crippen LogP contribution in [0.3, 0.4) is 0 Å². The van der Waals surface area contributed by atoms with Crippen molar-refractivity contribution in [3.05, 3.63) is 60.2 Å². The van der Waals surface area contributed by atoms with Crippen molar-refractivity contribution in [2.45, 2.75) is 31.6 Å². The molecule has 1 aliphatic rings.